The van der Waals surface area contributed by atoms with Gasteiger partial charge in [0.2, 0.25) is 0 Å². The quantitative estimate of drug-likeness (QED) is 0.286. The lowest BCUT2D eigenvalue weighted by atomic mass is 10.1. The normalized spacial score (nSPS) is 10.6. The SMILES string of the molecule is COc1cc([N+](=O)[O-])cc(C=NNC(=O)c2cccc(NC(=O)c3ccc(C)cc3)c2)c1O. The van der Waals surface area contributed by atoms with E-state index in [2.05, 4.69) is 15.8 Å². The van der Waals surface area contributed by atoms with Gasteiger partial charge >= 0.3 is 0 Å². The van der Waals surface area contributed by atoms with Gasteiger partial charge in [0.15, 0.2) is 11.5 Å². The summed E-state index contributed by atoms with van der Waals surface area (Å²) in [6.07, 6.45) is 1.06. The van der Waals surface area contributed by atoms with Crippen LogP contribution in [0.3, 0.4) is 0 Å². The van der Waals surface area contributed by atoms with Crippen molar-refractivity contribution in [3.8, 4) is 11.5 Å². The molecule has 0 atom stereocenters. The Morgan fingerprint density at radius 2 is 1.79 bits per heavy atom. The minimum Gasteiger partial charge on any atom is -0.504 e. The zero-order valence-corrected chi connectivity index (χ0v) is 17.7. The predicted molar refractivity (Wildman–Crippen MR) is 122 cm³/mol. The van der Waals surface area contributed by atoms with Gasteiger partial charge in [0.1, 0.15) is 0 Å². The van der Waals surface area contributed by atoms with Crippen molar-refractivity contribution >= 4 is 29.4 Å². The second-order valence-corrected chi connectivity index (χ2v) is 6.94. The Kier molecular flexibility index (Phi) is 6.99. The number of nitrogens with one attached hydrogen (secondary N) is 2. The molecule has 0 fully saturated rings. The highest BCUT2D eigenvalue weighted by molar-refractivity contribution is 6.05. The number of hydrogen-bond donors (Lipinski definition) is 3. The summed E-state index contributed by atoms with van der Waals surface area (Å²) < 4.78 is 4.92. The fourth-order valence-corrected chi connectivity index (χ4v) is 2.85. The van der Waals surface area contributed by atoms with Gasteiger partial charge in [-0.2, -0.15) is 5.10 Å². The van der Waals surface area contributed by atoms with Gasteiger partial charge in [0, 0.05) is 28.4 Å². The number of phenols is 1. The predicted octanol–water partition coefficient (Wildman–Crippen LogP) is 3.63. The lowest BCUT2D eigenvalue weighted by molar-refractivity contribution is -0.385. The zero-order chi connectivity index (χ0) is 24.0. The Morgan fingerprint density at radius 3 is 2.45 bits per heavy atom. The molecule has 10 heteroatoms. The number of nitrogens with zero attached hydrogens (tertiary/aromatic N) is 2. The van der Waals surface area contributed by atoms with Crippen LogP contribution in [-0.4, -0.2) is 35.2 Å². The van der Waals surface area contributed by atoms with E-state index in [0.29, 0.717) is 11.3 Å². The number of ether oxygens (including phenoxy) is 1. The largest absolute Gasteiger partial charge is 0.504 e. The van der Waals surface area contributed by atoms with Crippen LogP contribution in [0.1, 0.15) is 31.8 Å². The third-order valence-corrected chi connectivity index (χ3v) is 4.59. The van der Waals surface area contributed by atoms with Crippen LogP contribution in [0.2, 0.25) is 0 Å². The molecule has 0 unspecified atom stereocenters. The summed E-state index contributed by atoms with van der Waals surface area (Å²) >= 11 is 0. The van der Waals surface area contributed by atoms with Gasteiger partial charge in [-0.25, -0.2) is 5.43 Å². The third kappa shape index (κ3) is 5.70. The number of carbonyl (C=O) groups is 2. The van der Waals surface area contributed by atoms with Crippen molar-refractivity contribution in [3.05, 3.63) is 93.0 Å². The van der Waals surface area contributed by atoms with E-state index in [1.165, 1.54) is 19.2 Å². The van der Waals surface area contributed by atoms with Crippen molar-refractivity contribution in [2.45, 2.75) is 6.92 Å². The molecule has 0 aliphatic heterocycles. The van der Waals surface area contributed by atoms with Crippen LogP contribution in [0.15, 0.2) is 65.8 Å². The summed E-state index contributed by atoms with van der Waals surface area (Å²) in [5.41, 5.74) is 4.09. The van der Waals surface area contributed by atoms with Crippen LogP contribution in [0, 0.1) is 17.0 Å². The number of nitro benzene ring substituents is 1. The van der Waals surface area contributed by atoms with Crippen LogP contribution in [0.4, 0.5) is 11.4 Å². The number of nitro groups is 1. The number of anilines is 1. The molecule has 168 valence electrons. The van der Waals surface area contributed by atoms with E-state index in [4.69, 9.17) is 4.74 Å². The first-order valence-corrected chi connectivity index (χ1v) is 9.65. The Balaban J connectivity index is 1.71. The minimum atomic E-state index is -0.645. The van der Waals surface area contributed by atoms with E-state index in [1.807, 2.05) is 19.1 Å². The van der Waals surface area contributed by atoms with Crippen LogP contribution in [-0.2, 0) is 0 Å². The summed E-state index contributed by atoms with van der Waals surface area (Å²) in [7, 11) is 1.26. The standard InChI is InChI=1S/C23H20N4O6/c1-14-6-8-15(9-7-14)22(29)25-18-5-3-4-16(10-18)23(30)26-24-13-17-11-19(27(31)32)12-20(33-2)21(17)28/h3-13,28H,1-2H3,(H,25,29)(H,26,30). The van der Waals surface area contributed by atoms with Crippen LogP contribution in [0.25, 0.3) is 0 Å². The molecular weight excluding hydrogens is 428 g/mol. The molecule has 3 N–H and O–H groups in total. The van der Waals surface area contributed by atoms with Gasteiger partial charge in [0.05, 0.1) is 24.3 Å². The molecule has 33 heavy (non-hydrogen) atoms. The number of amides is 2. The maximum Gasteiger partial charge on any atom is 0.274 e. The first kappa shape index (κ1) is 22.9. The minimum absolute atomic E-state index is 0.0135. The lowest BCUT2D eigenvalue weighted by Crippen LogP contribution is -2.18. The third-order valence-electron chi connectivity index (χ3n) is 4.59. The number of aromatic hydroxyl groups is 1. The van der Waals surface area contributed by atoms with E-state index in [1.54, 1.807) is 24.3 Å². The van der Waals surface area contributed by atoms with E-state index in [-0.39, 0.29) is 34.2 Å². The molecule has 0 aliphatic rings. The number of carbonyl (C=O) groups excluding carboxylic acids is 2. The summed E-state index contributed by atoms with van der Waals surface area (Å²) in [6, 6.07) is 15.5. The smallest absolute Gasteiger partial charge is 0.274 e. The number of hydrogen-bond acceptors (Lipinski definition) is 7. The highest BCUT2D eigenvalue weighted by Gasteiger charge is 2.16. The average molecular weight is 448 g/mol. The topological polar surface area (TPSA) is 143 Å². The first-order valence-electron chi connectivity index (χ1n) is 9.65. The van der Waals surface area contributed by atoms with Crippen molar-refractivity contribution in [1.29, 1.82) is 0 Å². The average Bonchev–Trinajstić information content (AvgIpc) is 2.80. The number of hydrazone groups is 1. The first-order chi connectivity index (χ1) is 15.8. The fourth-order valence-electron chi connectivity index (χ4n) is 2.85. The molecule has 0 bridgehead atoms. The maximum atomic E-state index is 12.4. The molecule has 3 aromatic rings. The van der Waals surface area contributed by atoms with Crippen molar-refractivity contribution in [2.75, 3.05) is 12.4 Å². The van der Waals surface area contributed by atoms with Crippen LogP contribution in [0.5, 0.6) is 11.5 Å². The zero-order valence-electron chi connectivity index (χ0n) is 17.7. The molecule has 10 nitrogen and oxygen atoms in total. The molecule has 3 rings (SSSR count). The molecule has 0 aliphatic carbocycles. The van der Waals surface area contributed by atoms with Gasteiger partial charge < -0.3 is 15.2 Å². The van der Waals surface area contributed by atoms with Crippen molar-refractivity contribution < 1.29 is 24.4 Å². The Morgan fingerprint density at radius 1 is 1.06 bits per heavy atom. The molecule has 0 aromatic heterocycles. The van der Waals surface area contributed by atoms with Gasteiger partial charge in [0.25, 0.3) is 17.5 Å². The number of aryl methyl sites for hydroxylation is 1. The van der Waals surface area contributed by atoms with Gasteiger partial charge in [-0.3, -0.25) is 19.7 Å². The van der Waals surface area contributed by atoms with Crippen LogP contribution < -0.4 is 15.5 Å². The molecule has 0 radical (unpaired) electrons. The van der Waals surface area contributed by atoms with Crippen molar-refractivity contribution in [2.24, 2.45) is 5.10 Å². The fraction of sp³-hybridized carbons (Fsp3) is 0.0870. The summed E-state index contributed by atoms with van der Waals surface area (Å²) in [4.78, 5) is 35.2. The van der Waals surface area contributed by atoms with E-state index in [0.717, 1.165) is 23.9 Å². The second-order valence-electron chi connectivity index (χ2n) is 6.94. The second kappa shape index (κ2) is 10.1. The molecule has 0 saturated carbocycles. The van der Waals surface area contributed by atoms with E-state index < -0.39 is 10.8 Å². The Bertz CT molecular complexity index is 1240. The summed E-state index contributed by atoms with van der Waals surface area (Å²) in [5.74, 6) is -1.37. The number of rotatable bonds is 7. The van der Waals surface area contributed by atoms with Crippen LogP contribution >= 0.6 is 0 Å². The number of non-ortho nitro benzene ring substituents is 1. The molecule has 0 heterocycles. The maximum absolute atomic E-state index is 12.4. The Labute approximate surface area is 188 Å². The molecule has 3 aromatic carbocycles. The van der Waals surface area contributed by atoms with E-state index >= 15 is 0 Å². The number of benzene rings is 3. The van der Waals surface area contributed by atoms with Gasteiger partial charge in [-0.15, -0.1) is 0 Å². The van der Waals surface area contributed by atoms with Crippen molar-refractivity contribution in [1.82, 2.24) is 5.43 Å². The van der Waals surface area contributed by atoms with Gasteiger partial charge in [-0.05, 0) is 37.3 Å². The monoisotopic (exact) mass is 448 g/mol. The molecule has 0 spiro atoms. The molecular formula is C23H20N4O6. The van der Waals surface area contributed by atoms with E-state index in [9.17, 15) is 24.8 Å². The summed E-state index contributed by atoms with van der Waals surface area (Å²) in [6.45, 7) is 1.92. The number of methoxy groups -OCH3 is 1. The summed E-state index contributed by atoms with van der Waals surface area (Å²) in [5, 5.41) is 27.6. The molecule has 2 amide bonds. The highest BCUT2D eigenvalue weighted by Crippen LogP contribution is 2.33. The van der Waals surface area contributed by atoms with Gasteiger partial charge in [-0.1, -0.05) is 23.8 Å². The molecule has 0 saturated heterocycles. The number of phenolic OH excluding ortho intramolecular Hbond substituents is 1. The lowest BCUT2D eigenvalue weighted by Gasteiger charge is -2.08. The Hall–Kier alpha value is -4.73. The van der Waals surface area contributed by atoms with Crippen molar-refractivity contribution in [3.63, 3.8) is 0 Å². The highest BCUT2D eigenvalue weighted by atomic mass is 16.6.